The number of aromatic nitrogens is 2. The van der Waals surface area contributed by atoms with Gasteiger partial charge in [-0.3, -0.25) is 4.79 Å². The van der Waals surface area contributed by atoms with Crippen molar-refractivity contribution >= 4 is 11.9 Å². The summed E-state index contributed by atoms with van der Waals surface area (Å²) in [6, 6.07) is 13.3. The van der Waals surface area contributed by atoms with Crippen LogP contribution in [-0.2, 0) is 11.3 Å². The summed E-state index contributed by atoms with van der Waals surface area (Å²) in [5, 5.41) is 12.1. The molecule has 1 aromatic heterocycles. The maximum atomic E-state index is 12.7. The molecule has 1 aromatic carbocycles. The average Bonchev–Trinajstić information content (AvgIpc) is 2.61. The van der Waals surface area contributed by atoms with Gasteiger partial charge in [-0.15, -0.1) is 0 Å². The molecule has 0 fully saturated rings. The van der Waals surface area contributed by atoms with Crippen molar-refractivity contribution in [1.29, 1.82) is 5.26 Å². The van der Waals surface area contributed by atoms with Gasteiger partial charge in [0.25, 0.3) is 5.91 Å². The van der Waals surface area contributed by atoms with Crippen molar-refractivity contribution < 1.29 is 4.79 Å². The van der Waals surface area contributed by atoms with Crippen molar-refractivity contribution in [3.63, 3.8) is 0 Å². The van der Waals surface area contributed by atoms with Crippen LogP contribution in [0.15, 0.2) is 60.6 Å². The lowest BCUT2D eigenvalue weighted by Gasteiger charge is -2.26. The van der Waals surface area contributed by atoms with E-state index < -0.39 is 0 Å². The summed E-state index contributed by atoms with van der Waals surface area (Å²) < 4.78 is 0. The zero-order chi connectivity index (χ0) is 17.4. The molecule has 0 aliphatic heterocycles. The molecule has 0 aliphatic carbocycles. The summed E-state index contributed by atoms with van der Waals surface area (Å²) in [4.78, 5) is 22.3. The minimum Gasteiger partial charge on any atom is -0.331 e. The van der Waals surface area contributed by atoms with E-state index in [9.17, 15) is 10.1 Å². The number of nitriles is 1. The molecule has 6 heteroatoms. The van der Waals surface area contributed by atoms with E-state index in [1.54, 1.807) is 23.4 Å². The van der Waals surface area contributed by atoms with Crippen LogP contribution in [0, 0.1) is 11.3 Å². The van der Waals surface area contributed by atoms with E-state index in [1.165, 1.54) is 6.20 Å². The largest absolute Gasteiger partial charge is 0.331 e. The number of amides is 1. The van der Waals surface area contributed by atoms with Gasteiger partial charge in [-0.05, 0) is 25.5 Å². The Kier molecular flexibility index (Phi) is 6.03. The second-order valence-corrected chi connectivity index (χ2v) is 5.40. The molecule has 2 rings (SSSR count). The zero-order valence-corrected chi connectivity index (χ0v) is 13.7. The second-order valence-electron chi connectivity index (χ2n) is 5.40. The Morgan fingerprint density at radius 2 is 1.92 bits per heavy atom. The zero-order valence-electron chi connectivity index (χ0n) is 13.7. The van der Waals surface area contributed by atoms with Gasteiger partial charge in [0.1, 0.15) is 11.6 Å². The minimum absolute atomic E-state index is 0.00656. The van der Waals surface area contributed by atoms with Crippen molar-refractivity contribution in [1.82, 2.24) is 14.9 Å². The Bertz CT molecular complexity index is 735. The molecule has 24 heavy (non-hydrogen) atoms. The molecule has 6 nitrogen and oxygen atoms in total. The Labute approximate surface area is 141 Å². The predicted octanol–water partition coefficient (Wildman–Crippen LogP) is 2.73. The first-order valence-corrected chi connectivity index (χ1v) is 7.60. The number of nitrogens with zero attached hydrogens (tertiary/aromatic N) is 4. The highest BCUT2D eigenvalue weighted by atomic mass is 16.2. The van der Waals surface area contributed by atoms with Gasteiger partial charge in [0.15, 0.2) is 0 Å². The molecule has 0 spiro atoms. The van der Waals surface area contributed by atoms with Gasteiger partial charge in [-0.2, -0.15) is 5.26 Å². The Morgan fingerprint density at radius 1 is 1.25 bits per heavy atom. The van der Waals surface area contributed by atoms with E-state index >= 15 is 0 Å². The van der Waals surface area contributed by atoms with Crippen molar-refractivity contribution in [2.45, 2.75) is 26.4 Å². The molecule has 0 saturated carbocycles. The lowest BCUT2D eigenvalue weighted by molar-refractivity contribution is -0.129. The summed E-state index contributed by atoms with van der Waals surface area (Å²) in [7, 11) is 0. The highest BCUT2D eigenvalue weighted by Gasteiger charge is 2.21. The molecule has 1 heterocycles. The number of benzene rings is 1. The van der Waals surface area contributed by atoms with E-state index in [-0.39, 0.29) is 17.5 Å². The number of carbonyl (C=O) groups is 1. The van der Waals surface area contributed by atoms with Crippen LogP contribution >= 0.6 is 0 Å². The number of rotatable bonds is 6. The quantitative estimate of drug-likeness (QED) is 0.653. The third-order valence-electron chi connectivity index (χ3n) is 3.34. The smallest absolute Gasteiger partial charge is 0.266 e. The first-order valence-electron chi connectivity index (χ1n) is 7.60. The predicted molar refractivity (Wildman–Crippen MR) is 91.5 cm³/mol. The normalized spacial score (nSPS) is 11.0. The lowest BCUT2D eigenvalue weighted by atomic mass is 10.1. The first kappa shape index (κ1) is 17.2. The van der Waals surface area contributed by atoms with Crippen molar-refractivity contribution in [3.8, 4) is 6.07 Å². The lowest BCUT2D eigenvalue weighted by Crippen LogP contribution is -2.37. The summed E-state index contributed by atoms with van der Waals surface area (Å²) in [5.41, 5.74) is 1.02. The maximum Gasteiger partial charge on any atom is 0.266 e. The highest BCUT2D eigenvalue weighted by Crippen LogP contribution is 2.12. The van der Waals surface area contributed by atoms with Crippen LogP contribution in [0.2, 0.25) is 0 Å². The summed E-state index contributed by atoms with van der Waals surface area (Å²) in [6.45, 7) is 4.28. The molecule has 0 saturated heterocycles. The molecular weight excluding hydrogens is 302 g/mol. The van der Waals surface area contributed by atoms with Crippen LogP contribution in [0.1, 0.15) is 19.4 Å². The topological polar surface area (TPSA) is 81.9 Å². The summed E-state index contributed by atoms with van der Waals surface area (Å²) in [6.07, 6.45) is 4.50. The van der Waals surface area contributed by atoms with E-state index in [0.717, 1.165) is 5.56 Å². The summed E-state index contributed by atoms with van der Waals surface area (Å²) >= 11 is 0. The van der Waals surface area contributed by atoms with E-state index in [0.29, 0.717) is 12.5 Å². The molecule has 2 aromatic rings. The van der Waals surface area contributed by atoms with Gasteiger partial charge in [0.2, 0.25) is 5.95 Å². The molecular formula is C18H19N5O. The van der Waals surface area contributed by atoms with Crippen LogP contribution in [0.25, 0.3) is 0 Å². The standard InChI is InChI=1S/C18H19N5O/c1-14(2)23(13-15-7-4-3-5-8-15)17(24)16(11-19)12-22-18-20-9-6-10-21-18/h3-10,12,14H,13H2,1-2H3,(H,20,21,22)/b16-12-. The van der Waals surface area contributed by atoms with Crippen molar-refractivity contribution in [3.05, 3.63) is 66.1 Å². The van der Waals surface area contributed by atoms with E-state index in [4.69, 9.17) is 0 Å². The van der Waals surface area contributed by atoms with Crippen LogP contribution in [0.3, 0.4) is 0 Å². The van der Waals surface area contributed by atoms with Crippen molar-refractivity contribution in [2.75, 3.05) is 5.32 Å². The SMILES string of the molecule is CC(C)N(Cc1ccccc1)C(=O)/C(C#N)=C\Nc1ncccn1. The monoisotopic (exact) mass is 321 g/mol. The van der Waals surface area contributed by atoms with Crippen LogP contribution < -0.4 is 5.32 Å². The van der Waals surface area contributed by atoms with E-state index in [1.807, 2.05) is 50.2 Å². The fourth-order valence-corrected chi connectivity index (χ4v) is 2.08. The third kappa shape index (κ3) is 4.65. The number of hydrogen-bond donors (Lipinski definition) is 1. The number of anilines is 1. The molecule has 122 valence electrons. The van der Waals surface area contributed by atoms with Gasteiger partial charge in [-0.1, -0.05) is 30.3 Å². The molecule has 0 atom stereocenters. The number of hydrogen-bond acceptors (Lipinski definition) is 5. The Morgan fingerprint density at radius 3 is 2.50 bits per heavy atom. The minimum atomic E-state index is -0.334. The van der Waals surface area contributed by atoms with Gasteiger partial charge in [-0.25, -0.2) is 9.97 Å². The second kappa shape index (κ2) is 8.44. The molecule has 0 bridgehead atoms. The third-order valence-corrected chi connectivity index (χ3v) is 3.34. The van der Waals surface area contributed by atoms with Gasteiger partial charge in [0, 0.05) is 31.2 Å². The molecule has 0 aliphatic rings. The fraction of sp³-hybridized carbons (Fsp3) is 0.222. The fourth-order valence-electron chi connectivity index (χ4n) is 2.08. The highest BCUT2D eigenvalue weighted by molar-refractivity contribution is 5.97. The van der Waals surface area contributed by atoms with Crippen molar-refractivity contribution in [2.24, 2.45) is 0 Å². The first-order chi connectivity index (χ1) is 11.6. The molecule has 1 amide bonds. The summed E-state index contributed by atoms with van der Waals surface area (Å²) in [5.74, 6) is -0.00279. The van der Waals surface area contributed by atoms with Gasteiger partial charge in [0.05, 0.1) is 0 Å². The Balaban J connectivity index is 2.16. The molecule has 0 unspecified atom stereocenters. The van der Waals surface area contributed by atoms with Gasteiger partial charge < -0.3 is 10.2 Å². The molecule has 0 radical (unpaired) electrons. The Hall–Kier alpha value is -3.20. The van der Waals surface area contributed by atoms with Crippen LogP contribution in [0.5, 0.6) is 0 Å². The van der Waals surface area contributed by atoms with Crippen LogP contribution in [0.4, 0.5) is 5.95 Å². The number of nitrogens with one attached hydrogen (secondary N) is 1. The average molecular weight is 321 g/mol. The molecule has 1 N–H and O–H groups in total. The van der Waals surface area contributed by atoms with Crippen LogP contribution in [-0.4, -0.2) is 26.8 Å². The van der Waals surface area contributed by atoms with E-state index in [2.05, 4.69) is 15.3 Å². The van der Waals surface area contributed by atoms with Gasteiger partial charge >= 0.3 is 0 Å². The maximum absolute atomic E-state index is 12.7. The number of carbonyl (C=O) groups excluding carboxylic acids is 1.